The Kier molecular flexibility index (Phi) is 6.38. The van der Waals surface area contributed by atoms with Crippen LogP contribution in [0, 0.1) is 13.8 Å². The summed E-state index contributed by atoms with van der Waals surface area (Å²) >= 11 is 2.95. The van der Waals surface area contributed by atoms with Gasteiger partial charge < -0.3 is 5.32 Å². The van der Waals surface area contributed by atoms with E-state index < -0.39 is 5.91 Å². The molecule has 11 heteroatoms. The van der Waals surface area contributed by atoms with Gasteiger partial charge >= 0.3 is 0 Å². The van der Waals surface area contributed by atoms with E-state index in [0.29, 0.717) is 17.3 Å². The summed E-state index contributed by atoms with van der Waals surface area (Å²) in [6.45, 7) is 11.1. The highest BCUT2D eigenvalue weighted by Gasteiger charge is 2.22. The van der Waals surface area contributed by atoms with Gasteiger partial charge in [0.15, 0.2) is 4.34 Å². The van der Waals surface area contributed by atoms with Crippen LogP contribution < -0.4 is 5.32 Å². The Bertz CT molecular complexity index is 1050. The van der Waals surface area contributed by atoms with Gasteiger partial charge in [-0.3, -0.25) is 9.59 Å². The summed E-state index contributed by atoms with van der Waals surface area (Å²) in [5.41, 5.74) is 3.28. The maximum absolute atomic E-state index is 12.3. The van der Waals surface area contributed by atoms with Crippen LogP contribution >= 0.6 is 23.1 Å². The fourth-order valence-electron chi connectivity index (χ4n) is 2.74. The number of nitrogens with zero attached hydrogens (tertiary/aromatic N) is 6. The second-order valence-electron chi connectivity index (χ2n) is 6.31. The molecule has 0 atom stereocenters. The van der Waals surface area contributed by atoms with Gasteiger partial charge in [-0.15, -0.1) is 10.2 Å². The van der Waals surface area contributed by atoms with Crippen LogP contribution in [0.5, 0.6) is 0 Å². The van der Waals surface area contributed by atoms with Crippen LogP contribution in [0.4, 0.5) is 5.13 Å². The van der Waals surface area contributed by atoms with Crippen molar-refractivity contribution in [3.63, 3.8) is 0 Å². The van der Waals surface area contributed by atoms with E-state index in [1.807, 2.05) is 20.8 Å². The molecular weight excluding hydrogens is 410 g/mol. The second-order valence-corrected chi connectivity index (χ2v) is 8.80. The van der Waals surface area contributed by atoms with Gasteiger partial charge in [0, 0.05) is 12.1 Å². The van der Waals surface area contributed by atoms with Crippen molar-refractivity contribution in [3.05, 3.63) is 29.1 Å². The van der Waals surface area contributed by atoms with Gasteiger partial charge in [0.25, 0.3) is 11.9 Å². The second kappa shape index (κ2) is 8.78. The monoisotopic (exact) mass is 431 g/mol. The summed E-state index contributed by atoms with van der Waals surface area (Å²) in [6, 6.07) is 0. The molecule has 1 N–H and O–H groups in total. The summed E-state index contributed by atoms with van der Waals surface area (Å²) in [5, 5.41) is 15.7. The van der Waals surface area contributed by atoms with Crippen LogP contribution in [0.3, 0.4) is 0 Å². The maximum Gasteiger partial charge on any atom is 0.281 e. The van der Waals surface area contributed by atoms with Gasteiger partial charge in [-0.2, -0.15) is 10.1 Å². The van der Waals surface area contributed by atoms with Crippen molar-refractivity contribution in [1.29, 1.82) is 0 Å². The number of carbonyl (C=O) groups is 2. The van der Waals surface area contributed by atoms with Gasteiger partial charge in [0.2, 0.25) is 11.0 Å². The number of aryl methyl sites for hydroxylation is 1. The molecule has 0 spiro atoms. The van der Waals surface area contributed by atoms with Crippen LogP contribution in [-0.4, -0.2) is 49.2 Å². The molecule has 2 aromatic heterocycles. The lowest BCUT2D eigenvalue weighted by molar-refractivity contribution is -0.116. The summed E-state index contributed by atoms with van der Waals surface area (Å²) in [6.07, 6.45) is 0.767. The van der Waals surface area contributed by atoms with E-state index in [4.69, 9.17) is 0 Å². The van der Waals surface area contributed by atoms with Crippen molar-refractivity contribution in [2.75, 3.05) is 11.1 Å². The average Bonchev–Trinajstić information content (AvgIpc) is 3.22. The number of hydrogen-bond donors (Lipinski definition) is 1. The standard InChI is InChI=1S/C18H21N7O2S2/c1-6-28-18-23-22-17(29-18)20-14(26)8-7-13-11(4)24-25(12(13)5)16-19-10(3)9(2)15(27)21-16/h2,6-8H2,1,3-5H3,(H,20,22,26). The lowest BCUT2D eigenvalue weighted by Crippen LogP contribution is -2.23. The molecule has 2 amide bonds. The third kappa shape index (κ3) is 4.67. The van der Waals surface area contributed by atoms with Crippen LogP contribution in [0.2, 0.25) is 0 Å². The molecule has 3 heterocycles. The first-order valence-electron chi connectivity index (χ1n) is 8.99. The number of hydrogen-bond acceptors (Lipinski definition) is 8. The van der Waals surface area contributed by atoms with Crippen molar-refractivity contribution >= 4 is 51.7 Å². The number of carbonyl (C=O) groups excluding carboxylic acids is 2. The Hall–Kier alpha value is -2.66. The molecule has 0 radical (unpaired) electrons. The first-order chi connectivity index (χ1) is 13.8. The highest BCUT2D eigenvalue weighted by molar-refractivity contribution is 8.01. The molecule has 3 rings (SSSR count). The first-order valence-corrected chi connectivity index (χ1v) is 10.8. The Morgan fingerprint density at radius 2 is 2.00 bits per heavy atom. The van der Waals surface area contributed by atoms with Gasteiger partial charge in [0.1, 0.15) is 0 Å². The number of amides is 2. The molecule has 0 saturated carbocycles. The Morgan fingerprint density at radius 3 is 2.69 bits per heavy atom. The molecular formula is C18H21N7O2S2. The SMILES string of the molecule is C=C1C(=O)N=C(n2nc(C)c(CCC(=O)Nc3nnc(SCC)s3)c2C)N=C1C. The maximum atomic E-state index is 12.3. The molecule has 152 valence electrons. The minimum absolute atomic E-state index is 0.143. The molecule has 0 aromatic carbocycles. The molecule has 1 aliphatic heterocycles. The zero-order valence-corrected chi connectivity index (χ0v) is 18.3. The predicted molar refractivity (Wildman–Crippen MR) is 115 cm³/mol. The molecule has 9 nitrogen and oxygen atoms in total. The fraction of sp³-hybridized carbons (Fsp3) is 0.389. The lowest BCUT2D eigenvalue weighted by Gasteiger charge is -2.11. The van der Waals surface area contributed by atoms with Crippen molar-refractivity contribution in [3.8, 4) is 0 Å². The fourth-order valence-corrected chi connectivity index (χ4v) is 4.41. The van der Waals surface area contributed by atoms with E-state index in [0.717, 1.165) is 27.0 Å². The van der Waals surface area contributed by atoms with Gasteiger partial charge in [-0.05, 0) is 38.5 Å². The lowest BCUT2D eigenvalue weighted by atomic mass is 10.1. The van der Waals surface area contributed by atoms with E-state index in [1.54, 1.807) is 18.7 Å². The zero-order valence-electron chi connectivity index (χ0n) is 16.6. The number of aliphatic imine (C=N–C) groups is 2. The molecule has 2 aromatic rings. The van der Waals surface area contributed by atoms with E-state index >= 15 is 0 Å². The topological polar surface area (TPSA) is 114 Å². The highest BCUT2D eigenvalue weighted by atomic mass is 32.2. The number of aromatic nitrogens is 4. The molecule has 0 aliphatic carbocycles. The van der Waals surface area contributed by atoms with Crippen molar-refractivity contribution < 1.29 is 9.59 Å². The largest absolute Gasteiger partial charge is 0.300 e. The predicted octanol–water partition coefficient (Wildman–Crippen LogP) is 2.80. The Labute approximate surface area is 176 Å². The summed E-state index contributed by atoms with van der Waals surface area (Å²) in [5.74, 6) is 0.556. The highest BCUT2D eigenvalue weighted by Crippen LogP contribution is 2.25. The van der Waals surface area contributed by atoms with Gasteiger partial charge in [-0.1, -0.05) is 36.6 Å². The minimum Gasteiger partial charge on any atom is -0.300 e. The number of thioether (sulfide) groups is 1. The van der Waals surface area contributed by atoms with Gasteiger partial charge in [0.05, 0.1) is 17.0 Å². The summed E-state index contributed by atoms with van der Waals surface area (Å²) < 4.78 is 2.37. The zero-order chi connectivity index (χ0) is 21.1. The van der Waals surface area contributed by atoms with E-state index in [9.17, 15) is 9.59 Å². The Balaban J connectivity index is 1.69. The van der Waals surface area contributed by atoms with Crippen LogP contribution in [-0.2, 0) is 16.0 Å². The van der Waals surface area contributed by atoms with Crippen LogP contribution in [0.1, 0.15) is 37.2 Å². The molecule has 0 saturated heterocycles. The smallest absolute Gasteiger partial charge is 0.281 e. The van der Waals surface area contributed by atoms with Crippen molar-refractivity contribution in [1.82, 2.24) is 20.0 Å². The summed E-state index contributed by atoms with van der Waals surface area (Å²) in [4.78, 5) is 32.5. The third-order valence-corrected chi connectivity index (χ3v) is 6.17. The number of nitrogens with one attached hydrogen (secondary N) is 1. The summed E-state index contributed by atoms with van der Waals surface area (Å²) in [7, 11) is 0. The quantitative estimate of drug-likeness (QED) is 0.427. The number of anilines is 1. The van der Waals surface area contributed by atoms with Gasteiger partial charge in [-0.25, -0.2) is 9.67 Å². The van der Waals surface area contributed by atoms with Crippen LogP contribution in [0.15, 0.2) is 26.5 Å². The first kappa shape index (κ1) is 21.1. The molecule has 0 bridgehead atoms. The molecule has 0 unspecified atom stereocenters. The van der Waals surface area contributed by atoms with E-state index in [1.165, 1.54) is 16.0 Å². The minimum atomic E-state index is -0.418. The molecule has 0 fully saturated rings. The Morgan fingerprint density at radius 1 is 1.24 bits per heavy atom. The normalized spacial score (nSPS) is 14.1. The van der Waals surface area contributed by atoms with E-state index in [-0.39, 0.29) is 23.9 Å². The van der Waals surface area contributed by atoms with E-state index in [2.05, 4.69) is 37.2 Å². The molecule has 29 heavy (non-hydrogen) atoms. The van der Waals surface area contributed by atoms with Crippen LogP contribution in [0.25, 0.3) is 0 Å². The molecule has 1 aliphatic rings. The number of rotatable bonds is 6. The average molecular weight is 432 g/mol. The third-order valence-electron chi connectivity index (χ3n) is 4.32. The van der Waals surface area contributed by atoms with Crippen molar-refractivity contribution in [2.45, 2.75) is 44.9 Å². The van der Waals surface area contributed by atoms with Crippen molar-refractivity contribution in [2.24, 2.45) is 9.98 Å².